The molecule has 1 aliphatic rings. The Bertz CT molecular complexity index is 1330. The predicted molar refractivity (Wildman–Crippen MR) is 188 cm³/mol. The summed E-state index contributed by atoms with van der Waals surface area (Å²) < 4.78 is 28.2. The zero-order valence-electron chi connectivity index (χ0n) is 28.9. The van der Waals surface area contributed by atoms with E-state index < -0.39 is 27.3 Å². The molecule has 8 heteroatoms. The lowest BCUT2D eigenvalue weighted by atomic mass is 9.68. The van der Waals surface area contributed by atoms with Crippen molar-refractivity contribution in [2.75, 3.05) is 43.2 Å². The van der Waals surface area contributed by atoms with Crippen LogP contribution in [-0.2, 0) is 14.6 Å². The molecule has 3 rings (SSSR count). The molecule has 0 saturated carbocycles. The van der Waals surface area contributed by atoms with Gasteiger partial charge in [-0.2, -0.15) is 0 Å². The fourth-order valence-corrected chi connectivity index (χ4v) is 9.16. The second-order valence-electron chi connectivity index (χ2n) is 13.4. The fraction of sp³-hybridized carbons (Fsp3) is 0.649. The number of nitrogens with zero attached hydrogens (tertiary/aromatic N) is 2. The van der Waals surface area contributed by atoms with Crippen molar-refractivity contribution < 1.29 is 18.3 Å². The standard InChI is InChI=1S/C37H59N3O4S/c1-8-12-22-37(23-13-9-2)27-45(43,44)33-21-20-31(39(6)7)26-32(33)35(36(37)42)29-17-16-18-30(25-29)38-34(41)19-14-15-24-40(11-4)28(5)10-3/h16-18,20-21,25-26,28,35-36,42H,8-15,19,22-24,27H2,1-7H3,(H,38,41)/t28?,35-,36-/m1/s1. The Morgan fingerprint density at radius 1 is 1.00 bits per heavy atom. The molecule has 1 unspecified atom stereocenters. The van der Waals surface area contributed by atoms with Crippen molar-refractivity contribution in [3.8, 4) is 0 Å². The van der Waals surface area contributed by atoms with E-state index in [0.717, 1.165) is 69.3 Å². The van der Waals surface area contributed by atoms with Crippen molar-refractivity contribution in [3.63, 3.8) is 0 Å². The van der Waals surface area contributed by atoms with Crippen LogP contribution in [0.15, 0.2) is 47.4 Å². The number of hydrogen-bond donors (Lipinski definition) is 2. The van der Waals surface area contributed by atoms with Crippen LogP contribution < -0.4 is 10.2 Å². The molecule has 0 radical (unpaired) electrons. The average Bonchev–Trinajstić information content (AvgIpc) is 3.08. The summed E-state index contributed by atoms with van der Waals surface area (Å²) in [5.41, 5.74) is 2.24. The molecule has 252 valence electrons. The third-order valence-electron chi connectivity index (χ3n) is 9.91. The molecule has 0 aliphatic carbocycles. The number of fused-ring (bicyclic) bond motifs is 1. The van der Waals surface area contributed by atoms with Crippen LogP contribution in [0.25, 0.3) is 0 Å². The number of aliphatic hydroxyl groups is 1. The Balaban J connectivity index is 1.97. The normalized spacial score (nSPS) is 19.5. The maximum Gasteiger partial charge on any atom is 0.224 e. The van der Waals surface area contributed by atoms with E-state index in [1.165, 1.54) is 0 Å². The highest BCUT2D eigenvalue weighted by molar-refractivity contribution is 7.91. The van der Waals surface area contributed by atoms with Gasteiger partial charge in [-0.3, -0.25) is 4.79 Å². The fourth-order valence-electron chi connectivity index (χ4n) is 6.97. The quantitative estimate of drug-likeness (QED) is 0.173. The molecule has 1 aliphatic heterocycles. The van der Waals surface area contributed by atoms with Gasteiger partial charge in [0.25, 0.3) is 0 Å². The van der Waals surface area contributed by atoms with Gasteiger partial charge in [-0.25, -0.2) is 8.42 Å². The first-order chi connectivity index (χ1) is 21.4. The van der Waals surface area contributed by atoms with Crippen molar-refractivity contribution in [1.29, 1.82) is 0 Å². The van der Waals surface area contributed by atoms with Crippen LogP contribution in [0.1, 0.15) is 116 Å². The van der Waals surface area contributed by atoms with E-state index in [2.05, 4.69) is 44.8 Å². The first-order valence-electron chi connectivity index (χ1n) is 17.3. The minimum absolute atomic E-state index is 0.0294. The molecular weight excluding hydrogens is 582 g/mol. The smallest absolute Gasteiger partial charge is 0.224 e. The Labute approximate surface area is 273 Å². The van der Waals surface area contributed by atoms with Crippen LogP contribution in [0, 0.1) is 5.41 Å². The van der Waals surface area contributed by atoms with E-state index >= 15 is 0 Å². The summed E-state index contributed by atoms with van der Waals surface area (Å²) in [6, 6.07) is 13.7. The number of rotatable bonds is 17. The van der Waals surface area contributed by atoms with Crippen molar-refractivity contribution >= 4 is 27.1 Å². The Morgan fingerprint density at radius 3 is 2.29 bits per heavy atom. The monoisotopic (exact) mass is 641 g/mol. The van der Waals surface area contributed by atoms with Crippen LogP contribution in [0.3, 0.4) is 0 Å². The number of carbonyl (C=O) groups excluding carboxylic acids is 1. The second kappa shape index (κ2) is 16.9. The van der Waals surface area contributed by atoms with Crippen LogP contribution in [0.5, 0.6) is 0 Å². The van der Waals surface area contributed by atoms with E-state index in [4.69, 9.17) is 0 Å². The lowest BCUT2D eigenvalue weighted by Gasteiger charge is -2.40. The van der Waals surface area contributed by atoms with Crippen LogP contribution in [0.2, 0.25) is 0 Å². The van der Waals surface area contributed by atoms with Crippen molar-refractivity contribution in [1.82, 2.24) is 4.90 Å². The number of sulfone groups is 1. The van der Waals surface area contributed by atoms with Gasteiger partial charge in [-0.05, 0) is 93.6 Å². The Morgan fingerprint density at radius 2 is 1.69 bits per heavy atom. The highest BCUT2D eigenvalue weighted by Gasteiger charge is 2.49. The van der Waals surface area contributed by atoms with Gasteiger partial charge in [0.2, 0.25) is 5.91 Å². The largest absolute Gasteiger partial charge is 0.392 e. The number of anilines is 2. The van der Waals surface area contributed by atoms with Gasteiger partial charge >= 0.3 is 0 Å². The summed E-state index contributed by atoms with van der Waals surface area (Å²) in [7, 11) is 0.200. The van der Waals surface area contributed by atoms with Gasteiger partial charge in [0.05, 0.1) is 16.8 Å². The van der Waals surface area contributed by atoms with Gasteiger partial charge < -0.3 is 20.2 Å². The topological polar surface area (TPSA) is 90.0 Å². The summed E-state index contributed by atoms with van der Waals surface area (Å²) in [5.74, 6) is -0.642. The molecule has 45 heavy (non-hydrogen) atoms. The number of aliphatic hydroxyl groups excluding tert-OH is 1. The minimum Gasteiger partial charge on any atom is -0.392 e. The lowest BCUT2D eigenvalue weighted by molar-refractivity contribution is -0.116. The second-order valence-corrected chi connectivity index (χ2v) is 15.3. The van der Waals surface area contributed by atoms with Crippen molar-refractivity contribution in [2.24, 2.45) is 5.41 Å². The molecule has 1 heterocycles. The molecule has 2 aromatic carbocycles. The first kappa shape index (κ1) is 37.0. The van der Waals surface area contributed by atoms with Crippen molar-refractivity contribution in [3.05, 3.63) is 53.6 Å². The van der Waals surface area contributed by atoms with E-state index in [-0.39, 0.29) is 11.7 Å². The molecule has 0 spiro atoms. The molecule has 0 fully saturated rings. The maximum atomic E-state index is 14.1. The molecule has 0 aromatic heterocycles. The van der Waals surface area contributed by atoms with E-state index in [0.29, 0.717) is 41.5 Å². The molecule has 0 bridgehead atoms. The summed E-state index contributed by atoms with van der Waals surface area (Å²) in [6.07, 6.45) is 7.31. The highest BCUT2D eigenvalue weighted by atomic mass is 32.2. The average molecular weight is 642 g/mol. The lowest BCUT2D eigenvalue weighted by Crippen LogP contribution is -2.43. The first-order valence-corrected chi connectivity index (χ1v) is 18.9. The van der Waals surface area contributed by atoms with Gasteiger partial charge in [0.1, 0.15) is 0 Å². The number of nitrogens with one attached hydrogen (secondary N) is 1. The van der Waals surface area contributed by atoms with E-state index in [1.807, 2.05) is 55.4 Å². The van der Waals surface area contributed by atoms with Crippen LogP contribution in [-0.4, -0.2) is 69.4 Å². The summed E-state index contributed by atoms with van der Waals surface area (Å²) in [4.78, 5) is 17.7. The van der Waals surface area contributed by atoms with Crippen LogP contribution in [0.4, 0.5) is 11.4 Å². The Kier molecular flexibility index (Phi) is 13.9. The molecule has 7 nitrogen and oxygen atoms in total. The number of benzene rings is 2. The third-order valence-corrected chi connectivity index (χ3v) is 11.9. The molecule has 0 saturated heterocycles. The number of unbranched alkanes of at least 4 members (excludes halogenated alkanes) is 3. The number of hydrogen-bond acceptors (Lipinski definition) is 6. The Hall–Kier alpha value is -2.42. The minimum atomic E-state index is -3.67. The summed E-state index contributed by atoms with van der Waals surface area (Å²) in [5, 5.41) is 15.5. The highest BCUT2D eigenvalue weighted by Crippen LogP contribution is 2.50. The molecule has 2 N–H and O–H groups in total. The summed E-state index contributed by atoms with van der Waals surface area (Å²) in [6.45, 7) is 12.9. The zero-order chi connectivity index (χ0) is 33.2. The van der Waals surface area contributed by atoms with Crippen LogP contribution >= 0.6 is 0 Å². The third kappa shape index (κ3) is 9.32. The van der Waals surface area contributed by atoms with E-state index in [1.54, 1.807) is 6.07 Å². The van der Waals surface area contributed by atoms with E-state index in [9.17, 15) is 18.3 Å². The van der Waals surface area contributed by atoms with Crippen molar-refractivity contribution in [2.45, 2.75) is 122 Å². The number of amides is 1. The zero-order valence-corrected chi connectivity index (χ0v) is 29.8. The SMILES string of the molecule is CCCCC1(CCCC)CS(=O)(=O)c2ccc(N(C)C)cc2[C@@H](c2cccc(NC(=O)CCCCN(CC)C(C)CC)c2)[C@H]1O. The maximum absolute atomic E-state index is 14.1. The molecular formula is C37H59N3O4S. The van der Waals surface area contributed by atoms with Gasteiger partial charge in [-0.15, -0.1) is 0 Å². The van der Waals surface area contributed by atoms with Gasteiger partial charge in [-0.1, -0.05) is 65.5 Å². The summed E-state index contributed by atoms with van der Waals surface area (Å²) >= 11 is 0. The predicted octanol–water partition coefficient (Wildman–Crippen LogP) is 7.63. The number of carbonyl (C=O) groups is 1. The van der Waals surface area contributed by atoms with Gasteiger partial charge in [0, 0.05) is 49.3 Å². The molecule has 1 amide bonds. The molecule has 3 atom stereocenters. The van der Waals surface area contributed by atoms with Gasteiger partial charge in [0.15, 0.2) is 9.84 Å². The molecule has 2 aromatic rings.